The molecular weight excluding hydrogens is 413 g/mol. The fourth-order valence-electron chi connectivity index (χ4n) is 3.92. The molecule has 2 atom stereocenters. The molecule has 0 bridgehead atoms. The minimum absolute atomic E-state index is 0.167. The van der Waals surface area contributed by atoms with Gasteiger partial charge in [-0.1, -0.05) is 6.58 Å². The lowest BCUT2D eigenvalue weighted by Crippen LogP contribution is -2.50. The number of nitrogens with zero attached hydrogens (tertiary/aromatic N) is 6. The van der Waals surface area contributed by atoms with Crippen molar-refractivity contribution in [3.8, 4) is 6.07 Å². The van der Waals surface area contributed by atoms with E-state index < -0.39 is 12.2 Å². The van der Waals surface area contributed by atoms with Crippen molar-refractivity contribution in [3.63, 3.8) is 0 Å². The molecule has 1 aliphatic heterocycles. The minimum Gasteiger partial charge on any atom is -0.362 e. The molecule has 32 heavy (non-hydrogen) atoms. The summed E-state index contributed by atoms with van der Waals surface area (Å²) in [7, 11) is 0. The van der Waals surface area contributed by atoms with Gasteiger partial charge in [-0.2, -0.15) is 20.3 Å². The van der Waals surface area contributed by atoms with Crippen molar-refractivity contribution < 1.29 is 9.18 Å². The third kappa shape index (κ3) is 3.75. The zero-order valence-electron chi connectivity index (χ0n) is 17.3. The smallest absolute Gasteiger partial charge is 0.246 e. The highest BCUT2D eigenvalue weighted by Crippen LogP contribution is 2.35. The Balaban J connectivity index is 1.45. The second-order valence-electron chi connectivity index (χ2n) is 8.04. The van der Waals surface area contributed by atoms with E-state index in [4.69, 9.17) is 0 Å². The van der Waals surface area contributed by atoms with Crippen molar-refractivity contribution in [2.45, 2.75) is 37.5 Å². The van der Waals surface area contributed by atoms with Crippen molar-refractivity contribution in [2.24, 2.45) is 0 Å². The molecule has 1 saturated carbocycles. The lowest BCUT2D eigenvalue weighted by Gasteiger charge is -2.35. The summed E-state index contributed by atoms with van der Waals surface area (Å²) < 4.78 is 16.7. The third-order valence-electron chi connectivity index (χ3n) is 5.77. The average Bonchev–Trinajstić information content (AvgIpc) is 3.40. The van der Waals surface area contributed by atoms with Crippen LogP contribution in [0.2, 0.25) is 0 Å². The molecule has 1 saturated heterocycles. The Hall–Kier alpha value is -3.94. The molecule has 5 rings (SSSR count). The van der Waals surface area contributed by atoms with Gasteiger partial charge >= 0.3 is 0 Å². The molecule has 3 aromatic rings. The van der Waals surface area contributed by atoms with Crippen LogP contribution in [0.3, 0.4) is 0 Å². The molecule has 3 aromatic heterocycles. The van der Waals surface area contributed by atoms with E-state index in [0.29, 0.717) is 35.0 Å². The second kappa shape index (κ2) is 7.96. The van der Waals surface area contributed by atoms with E-state index in [2.05, 4.69) is 43.3 Å². The first-order valence-electron chi connectivity index (χ1n) is 10.5. The molecule has 2 fully saturated rings. The topological polar surface area (TPSA) is 128 Å². The van der Waals surface area contributed by atoms with Crippen LogP contribution in [0.1, 0.15) is 30.9 Å². The number of halogens is 1. The monoisotopic (exact) mass is 435 g/mol. The van der Waals surface area contributed by atoms with Crippen LogP contribution in [0.4, 0.5) is 21.8 Å². The molecule has 1 amide bonds. The van der Waals surface area contributed by atoms with Crippen LogP contribution in [-0.2, 0) is 4.79 Å². The maximum Gasteiger partial charge on any atom is 0.246 e. The molecule has 1 aliphatic carbocycles. The Bertz CT molecular complexity index is 1220. The number of likely N-dealkylation sites (tertiary alicyclic amines) is 1. The zero-order chi connectivity index (χ0) is 22.2. The Labute approximate surface area is 183 Å². The van der Waals surface area contributed by atoms with Crippen LogP contribution in [0.5, 0.6) is 0 Å². The lowest BCUT2D eigenvalue weighted by atomic mass is 10.0. The number of nitriles is 1. The number of carbonyl (C=O) groups is 1. The van der Waals surface area contributed by atoms with Crippen LogP contribution in [-0.4, -0.2) is 60.8 Å². The van der Waals surface area contributed by atoms with E-state index in [0.717, 1.165) is 18.5 Å². The van der Waals surface area contributed by atoms with Gasteiger partial charge in [0.05, 0.1) is 34.9 Å². The molecule has 164 valence electrons. The van der Waals surface area contributed by atoms with Gasteiger partial charge in [0.25, 0.3) is 0 Å². The Morgan fingerprint density at radius 2 is 2.22 bits per heavy atom. The number of aromatic amines is 1. The number of fused-ring (bicyclic) bond motifs is 1. The Kier molecular flexibility index (Phi) is 4.97. The Morgan fingerprint density at radius 3 is 2.97 bits per heavy atom. The lowest BCUT2D eigenvalue weighted by molar-refractivity contribution is -0.127. The summed E-state index contributed by atoms with van der Waals surface area (Å²) in [6.07, 6.45) is 7.63. The number of amides is 1. The predicted molar refractivity (Wildman–Crippen MR) is 116 cm³/mol. The largest absolute Gasteiger partial charge is 0.362 e. The molecule has 2 aliphatic rings. The van der Waals surface area contributed by atoms with E-state index in [1.165, 1.54) is 6.08 Å². The maximum atomic E-state index is 14.7. The number of nitrogens with one attached hydrogen (secondary N) is 3. The first-order valence-corrected chi connectivity index (χ1v) is 10.5. The number of alkyl halides is 1. The summed E-state index contributed by atoms with van der Waals surface area (Å²) in [5.41, 5.74) is 1.53. The normalized spacial score (nSPS) is 20.7. The first-order chi connectivity index (χ1) is 15.6. The molecule has 3 N–H and O–H groups in total. The molecular formula is C21H22FN9O. The molecule has 10 nitrogen and oxygen atoms in total. The molecule has 0 radical (unpaired) electrons. The van der Waals surface area contributed by atoms with E-state index >= 15 is 0 Å². The van der Waals surface area contributed by atoms with Crippen molar-refractivity contribution in [3.05, 3.63) is 36.8 Å². The summed E-state index contributed by atoms with van der Waals surface area (Å²) in [4.78, 5) is 25.5. The fourth-order valence-corrected chi connectivity index (χ4v) is 3.92. The number of aromatic nitrogens is 5. The summed E-state index contributed by atoms with van der Waals surface area (Å²) in [6, 6.07) is 1.87. The number of hydrogen-bond donors (Lipinski definition) is 3. The predicted octanol–water partition coefficient (Wildman–Crippen LogP) is 2.64. The van der Waals surface area contributed by atoms with E-state index in [9.17, 15) is 14.4 Å². The van der Waals surface area contributed by atoms with Crippen molar-refractivity contribution in [1.29, 1.82) is 5.26 Å². The van der Waals surface area contributed by atoms with Gasteiger partial charge < -0.3 is 20.5 Å². The van der Waals surface area contributed by atoms with Crippen LogP contribution in [0.15, 0.2) is 31.2 Å². The van der Waals surface area contributed by atoms with Gasteiger partial charge in [0, 0.05) is 25.5 Å². The quantitative estimate of drug-likeness (QED) is 0.508. The number of piperidine rings is 1. The van der Waals surface area contributed by atoms with Crippen LogP contribution >= 0.6 is 0 Å². The van der Waals surface area contributed by atoms with Gasteiger partial charge in [-0.05, 0) is 25.3 Å². The number of rotatable bonds is 6. The highest BCUT2D eigenvalue weighted by molar-refractivity contribution is 5.94. The van der Waals surface area contributed by atoms with Crippen molar-refractivity contribution >= 4 is 34.4 Å². The molecule has 0 unspecified atom stereocenters. The molecule has 0 spiro atoms. The van der Waals surface area contributed by atoms with Gasteiger partial charge in [0.15, 0.2) is 0 Å². The summed E-state index contributed by atoms with van der Waals surface area (Å²) in [5.74, 6) is 0.364. The van der Waals surface area contributed by atoms with E-state index in [-0.39, 0.29) is 24.8 Å². The number of H-pyrrole nitrogens is 1. The standard InChI is InChI=1S/C21H22FN9O/c1-2-17(32)30-6-5-15(22)16(11-30)27-20-18-12(7-23)8-24-19(18)28-21(29-20)26-13-9-25-31(10-13)14-3-4-14/h2,8-10,14-16H,1,3-6,11H2,(H3,24,26,27,28,29)/t15-,16+/m1/s1. The second-order valence-corrected chi connectivity index (χ2v) is 8.04. The minimum atomic E-state index is -1.17. The van der Waals surface area contributed by atoms with E-state index in [1.807, 2.05) is 10.9 Å². The maximum absolute atomic E-state index is 14.7. The summed E-state index contributed by atoms with van der Waals surface area (Å²) in [6.45, 7) is 4.00. The molecule has 11 heteroatoms. The van der Waals surface area contributed by atoms with Crippen LogP contribution < -0.4 is 10.6 Å². The fraction of sp³-hybridized carbons (Fsp3) is 0.381. The van der Waals surface area contributed by atoms with Gasteiger partial charge in [0.1, 0.15) is 23.7 Å². The molecule has 0 aromatic carbocycles. The highest BCUT2D eigenvalue weighted by atomic mass is 19.1. The first kappa shape index (κ1) is 20.0. The average molecular weight is 435 g/mol. The van der Waals surface area contributed by atoms with Crippen LogP contribution in [0.25, 0.3) is 11.0 Å². The number of anilines is 3. The van der Waals surface area contributed by atoms with Gasteiger partial charge in [0.2, 0.25) is 11.9 Å². The summed E-state index contributed by atoms with van der Waals surface area (Å²) >= 11 is 0. The number of hydrogen-bond acceptors (Lipinski definition) is 7. The van der Waals surface area contributed by atoms with Crippen molar-refractivity contribution in [1.82, 2.24) is 29.6 Å². The van der Waals surface area contributed by atoms with Crippen LogP contribution in [0, 0.1) is 11.3 Å². The van der Waals surface area contributed by atoms with Crippen molar-refractivity contribution in [2.75, 3.05) is 23.7 Å². The van der Waals surface area contributed by atoms with Gasteiger partial charge in [-0.25, -0.2) is 4.39 Å². The SMILES string of the molecule is C=CC(=O)N1CC[C@@H](F)[C@@H](Nc2nc(Nc3cnn(C4CC4)c3)nc3[nH]cc(C#N)c23)C1. The zero-order valence-corrected chi connectivity index (χ0v) is 17.3. The summed E-state index contributed by atoms with van der Waals surface area (Å²) in [5, 5.41) is 20.6. The van der Waals surface area contributed by atoms with Gasteiger partial charge in [-0.3, -0.25) is 9.48 Å². The van der Waals surface area contributed by atoms with E-state index in [1.54, 1.807) is 17.3 Å². The number of carbonyl (C=O) groups excluding carboxylic acids is 1. The highest BCUT2D eigenvalue weighted by Gasteiger charge is 2.32. The third-order valence-corrected chi connectivity index (χ3v) is 5.77. The van der Waals surface area contributed by atoms with Gasteiger partial charge in [-0.15, -0.1) is 0 Å². The molecule has 4 heterocycles. The Morgan fingerprint density at radius 1 is 1.38 bits per heavy atom.